The molecule has 1 N–H and O–H groups in total. The number of allylic oxidation sites excluding steroid dienone is 10. The molecule has 0 bridgehead atoms. The molecule has 0 radical (unpaired) electrons. The maximum absolute atomic E-state index is 12.7. The van der Waals surface area contributed by atoms with E-state index in [1.54, 1.807) is 0 Å². The Morgan fingerprint density at radius 2 is 0.982 bits per heavy atom. The van der Waals surface area contributed by atoms with Crippen LogP contribution in [0.4, 0.5) is 0 Å². The Morgan fingerprint density at radius 1 is 0.544 bits per heavy atom. The van der Waals surface area contributed by atoms with Gasteiger partial charge in [-0.2, -0.15) is 0 Å². The van der Waals surface area contributed by atoms with E-state index < -0.39 is 18.1 Å². The number of ether oxygens (including phenoxy) is 3. The molecule has 0 fully saturated rings. The number of aliphatic carboxylic acids is 1. The van der Waals surface area contributed by atoms with Crippen LogP contribution in [0, 0.1) is 0 Å². The molecule has 0 rings (SSSR count). The van der Waals surface area contributed by atoms with Crippen molar-refractivity contribution in [2.75, 3.05) is 41.0 Å². The first-order valence-electron chi connectivity index (χ1n) is 22.9. The number of hydrogen-bond donors (Lipinski definition) is 1. The molecule has 328 valence electrons. The van der Waals surface area contributed by atoms with Gasteiger partial charge in [-0.05, 0) is 25.7 Å². The summed E-state index contributed by atoms with van der Waals surface area (Å²) in [7, 11) is 5.50. The Bertz CT molecular complexity index is 1120. The van der Waals surface area contributed by atoms with Crippen LogP contribution in [0.5, 0.6) is 0 Å². The van der Waals surface area contributed by atoms with Crippen molar-refractivity contribution >= 4 is 17.9 Å². The molecule has 0 aromatic rings. The van der Waals surface area contributed by atoms with Gasteiger partial charge < -0.3 is 23.8 Å². The summed E-state index contributed by atoms with van der Waals surface area (Å²) in [5.41, 5.74) is 0. The zero-order chi connectivity index (χ0) is 42.1. The van der Waals surface area contributed by atoms with Crippen molar-refractivity contribution < 1.29 is 38.2 Å². The number of carboxylic acids is 1. The lowest BCUT2D eigenvalue weighted by atomic mass is 10.0. The van der Waals surface area contributed by atoms with Gasteiger partial charge in [0.1, 0.15) is 6.61 Å². The van der Waals surface area contributed by atoms with Gasteiger partial charge in [0, 0.05) is 19.3 Å². The Morgan fingerprint density at radius 3 is 1.44 bits per heavy atom. The first-order chi connectivity index (χ1) is 27.6. The summed E-state index contributed by atoms with van der Waals surface area (Å²) in [6, 6.07) is -0.626. The third-order valence-corrected chi connectivity index (χ3v) is 10.1. The van der Waals surface area contributed by atoms with Crippen LogP contribution < -0.4 is 0 Å². The van der Waals surface area contributed by atoms with E-state index >= 15 is 0 Å². The maximum atomic E-state index is 12.7. The SMILES string of the molecule is CC/C=C/C=C/C=C/C=C/C=C/CCCC(=O)OCC(COCCC(C(=O)O)[N+](C)(C)C)OC(=O)CCCCCCCCCCCCCCCCCCCCCC. The highest BCUT2D eigenvalue weighted by atomic mass is 16.6. The van der Waals surface area contributed by atoms with Crippen LogP contribution in [0.15, 0.2) is 60.8 Å². The topological polar surface area (TPSA) is 99.1 Å². The summed E-state index contributed by atoms with van der Waals surface area (Å²) >= 11 is 0. The number of esters is 2. The van der Waals surface area contributed by atoms with Crippen molar-refractivity contribution in [2.24, 2.45) is 0 Å². The van der Waals surface area contributed by atoms with Crippen molar-refractivity contribution in [1.29, 1.82) is 0 Å². The molecule has 0 heterocycles. The minimum absolute atomic E-state index is 0.0382. The minimum Gasteiger partial charge on any atom is -0.477 e. The van der Waals surface area contributed by atoms with E-state index in [0.717, 1.165) is 32.1 Å². The predicted molar refractivity (Wildman–Crippen MR) is 238 cm³/mol. The number of quaternary nitrogens is 1. The van der Waals surface area contributed by atoms with Gasteiger partial charge in [-0.1, -0.05) is 197 Å². The molecule has 0 spiro atoms. The van der Waals surface area contributed by atoms with Crippen molar-refractivity contribution in [3.05, 3.63) is 60.8 Å². The van der Waals surface area contributed by atoms with Crippen molar-refractivity contribution in [3.63, 3.8) is 0 Å². The third-order valence-electron chi connectivity index (χ3n) is 10.1. The van der Waals surface area contributed by atoms with Gasteiger partial charge >= 0.3 is 17.9 Å². The molecular formula is C49H86NO7+. The van der Waals surface area contributed by atoms with Crippen LogP contribution in [0.3, 0.4) is 0 Å². The predicted octanol–water partition coefficient (Wildman–Crippen LogP) is 12.6. The molecule has 2 atom stereocenters. The standard InChI is InChI=1S/C49H85NO7/c1-6-8-10-12-14-16-18-20-21-22-23-24-25-26-28-30-32-34-36-38-40-48(52)57-45(43-55-42-41-46(49(53)54)50(3,4)5)44-56-47(51)39-37-35-33-31-29-27-19-17-15-13-11-9-7-2/h9,11,13,15,17,19,27,29,31,33,45-46H,6-8,10,12,14,16,18,20-26,28,30,32,34-44H2,1-5H3/p+1/b11-9+,15-13+,19-17+,29-27+,33-31+. The molecular weight excluding hydrogens is 715 g/mol. The summed E-state index contributed by atoms with van der Waals surface area (Å²) in [6.07, 6.45) is 48.6. The van der Waals surface area contributed by atoms with Crippen LogP contribution in [0.2, 0.25) is 0 Å². The Balaban J connectivity index is 4.34. The van der Waals surface area contributed by atoms with Crippen LogP contribution in [0.25, 0.3) is 0 Å². The van der Waals surface area contributed by atoms with Gasteiger partial charge in [0.15, 0.2) is 12.1 Å². The summed E-state index contributed by atoms with van der Waals surface area (Å²) in [5, 5.41) is 9.62. The average Bonchev–Trinajstić information content (AvgIpc) is 3.17. The average molecular weight is 801 g/mol. The van der Waals surface area contributed by atoms with Crippen LogP contribution >= 0.6 is 0 Å². The normalized spacial score (nSPS) is 13.5. The van der Waals surface area contributed by atoms with E-state index in [-0.39, 0.29) is 42.7 Å². The van der Waals surface area contributed by atoms with Crippen molar-refractivity contribution in [1.82, 2.24) is 0 Å². The second-order valence-corrected chi connectivity index (χ2v) is 16.4. The second-order valence-electron chi connectivity index (χ2n) is 16.4. The lowest BCUT2D eigenvalue weighted by molar-refractivity contribution is -0.887. The molecule has 0 saturated heterocycles. The largest absolute Gasteiger partial charge is 0.477 e. The van der Waals surface area contributed by atoms with Crippen LogP contribution in [-0.2, 0) is 28.6 Å². The fraction of sp³-hybridized carbons (Fsp3) is 0.735. The number of unbranched alkanes of at least 4 members (excludes halogenated alkanes) is 20. The highest BCUT2D eigenvalue weighted by Crippen LogP contribution is 2.16. The fourth-order valence-corrected chi connectivity index (χ4v) is 6.53. The molecule has 8 nitrogen and oxygen atoms in total. The van der Waals surface area contributed by atoms with Gasteiger partial charge in [-0.15, -0.1) is 0 Å². The van der Waals surface area contributed by atoms with Crippen LogP contribution in [0.1, 0.15) is 181 Å². The molecule has 57 heavy (non-hydrogen) atoms. The molecule has 0 aliphatic rings. The number of carboxylic acid groups (broad SMARTS) is 1. The van der Waals surface area contributed by atoms with E-state index in [2.05, 4.69) is 19.9 Å². The van der Waals surface area contributed by atoms with Gasteiger partial charge in [0.05, 0.1) is 34.4 Å². The Kier molecular flexibility index (Phi) is 37.8. The zero-order valence-electron chi connectivity index (χ0n) is 37.3. The maximum Gasteiger partial charge on any atom is 0.362 e. The number of rotatable bonds is 40. The summed E-state index contributed by atoms with van der Waals surface area (Å²) < 4.78 is 17.2. The van der Waals surface area contributed by atoms with E-state index in [1.807, 2.05) is 75.8 Å². The molecule has 0 aromatic carbocycles. The first-order valence-corrected chi connectivity index (χ1v) is 22.9. The summed E-state index contributed by atoms with van der Waals surface area (Å²) in [5.74, 6) is -1.56. The van der Waals surface area contributed by atoms with Crippen molar-refractivity contribution in [3.8, 4) is 0 Å². The molecule has 0 aliphatic carbocycles. The Labute approximate surface area is 349 Å². The molecule has 2 unspecified atom stereocenters. The molecule has 8 heteroatoms. The number of likely N-dealkylation sites (N-methyl/N-ethyl adjacent to an activating group) is 1. The van der Waals surface area contributed by atoms with Gasteiger partial charge in [-0.3, -0.25) is 9.59 Å². The number of nitrogens with zero attached hydrogens (tertiary/aromatic N) is 1. The van der Waals surface area contributed by atoms with Gasteiger partial charge in [0.25, 0.3) is 0 Å². The quantitative estimate of drug-likeness (QED) is 0.0285. The van der Waals surface area contributed by atoms with Crippen molar-refractivity contribution in [2.45, 2.75) is 193 Å². The van der Waals surface area contributed by atoms with E-state index in [9.17, 15) is 19.5 Å². The zero-order valence-corrected chi connectivity index (χ0v) is 37.3. The lowest BCUT2D eigenvalue weighted by Crippen LogP contribution is -2.50. The lowest BCUT2D eigenvalue weighted by Gasteiger charge is -2.31. The van der Waals surface area contributed by atoms with E-state index in [4.69, 9.17) is 14.2 Å². The fourth-order valence-electron chi connectivity index (χ4n) is 6.53. The highest BCUT2D eigenvalue weighted by Gasteiger charge is 2.31. The molecule has 0 aliphatic heterocycles. The third kappa shape index (κ3) is 38.3. The van der Waals surface area contributed by atoms with E-state index in [1.165, 1.54) is 109 Å². The monoisotopic (exact) mass is 801 g/mol. The minimum atomic E-state index is -0.885. The highest BCUT2D eigenvalue weighted by molar-refractivity contribution is 5.72. The van der Waals surface area contributed by atoms with Gasteiger partial charge in [-0.25, -0.2) is 4.79 Å². The van der Waals surface area contributed by atoms with E-state index in [0.29, 0.717) is 19.3 Å². The van der Waals surface area contributed by atoms with Crippen LogP contribution in [-0.4, -0.2) is 80.6 Å². The summed E-state index contributed by atoms with van der Waals surface area (Å²) in [4.78, 5) is 36.9. The number of hydrogen-bond acceptors (Lipinski definition) is 6. The number of carbonyl (C=O) groups excluding carboxylic acids is 2. The molecule has 0 saturated carbocycles. The van der Waals surface area contributed by atoms with Gasteiger partial charge in [0.2, 0.25) is 0 Å². The molecule has 0 amide bonds. The second kappa shape index (κ2) is 39.8. The first kappa shape index (κ1) is 54.0. The summed E-state index contributed by atoms with van der Waals surface area (Å²) in [6.45, 7) is 4.52. The molecule has 0 aromatic heterocycles. The Hall–Kier alpha value is -2.97. The smallest absolute Gasteiger partial charge is 0.362 e. The number of carbonyl (C=O) groups is 3.